The number of esters is 1. The Balaban J connectivity index is 1.72. The molecule has 3 aromatic carbocycles. The van der Waals surface area contributed by atoms with Crippen LogP contribution in [0.4, 0.5) is 5.69 Å². The number of fused-ring (bicyclic) bond motifs is 1. The van der Waals surface area contributed by atoms with Crippen molar-refractivity contribution in [2.45, 2.75) is 26.8 Å². The highest BCUT2D eigenvalue weighted by atomic mass is 16.5. The Morgan fingerprint density at radius 3 is 2.39 bits per heavy atom. The van der Waals surface area contributed by atoms with E-state index < -0.39 is 23.7 Å². The molecule has 4 aromatic rings. The van der Waals surface area contributed by atoms with Crippen LogP contribution in [-0.4, -0.2) is 27.8 Å². The number of anilines is 1. The summed E-state index contributed by atoms with van der Waals surface area (Å²) in [6.07, 6.45) is 1.63. The fourth-order valence-corrected chi connectivity index (χ4v) is 4.59. The number of aliphatic hydroxyl groups excluding tert-OH is 1. The molecule has 0 radical (unpaired) electrons. The van der Waals surface area contributed by atoms with Gasteiger partial charge in [0.1, 0.15) is 11.5 Å². The maximum atomic E-state index is 13.4. The van der Waals surface area contributed by atoms with Crippen LogP contribution < -0.4 is 9.64 Å². The van der Waals surface area contributed by atoms with Gasteiger partial charge in [-0.3, -0.25) is 19.3 Å². The quantitative estimate of drug-likeness (QED) is 0.135. The Morgan fingerprint density at radius 1 is 0.972 bits per heavy atom. The van der Waals surface area contributed by atoms with E-state index >= 15 is 0 Å². The number of nitrogens with one attached hydrogen (secondary N) is 1. The van der Waals surface area contributed by atoms with Gasteiger partial charge in [0.2, 0.25) is 0 Å². The van der Waals surface area contributed by atoms with E-state index in [2.05, 4.69) is 4.98 Å². The summed E-state index contributed by atoms with van der Waals surface area (Å²) < 4.78 is 5.14. The number of Topliss-reactive ketones (excluding diaryl/α,β-unsaturated/α-hetero) is 1. The van der Waals surface area contributed by atoms with Crippen LogP contribution in [0.25, 0.3) is 16.7 Å². The number of aryl methyl sites for hydroxylation is 2. The summed E-state index contributed by atoms with van der Waals surface area (Å²) in [5, 5.41) is 12.2. The van der Waals surface area contributed by atoms with E-state index in [1.807, 2.05) is 50.2 Å². The van der Waals surface area contributed by atoms with Crippen molar-refractivity contribution in [2.24, 2.45) is 0 Å². The highest BCUT2D eigenvalue weighted by Crippen LogP contribution is 2.43. The molecule has 1 aliphatic rings. The molecule has 36 heavy (non-hydrogen) atoms. The molecule has 1 saturated heterocycles. The fraction of sp³-hybridized carbons (Fsp3) is 0.138. The number of benzene rings is 3. The van der Waals surface area contributed by atoms with Crippen molar-refractivity contribution < 1.29 is 24.2 Å². The standard InChI is InChI=1S/C29H24N2O5/c1-16-8-11-20(14-17(16)2)31-26(19-9-12-21(13-10-19)36-18(3)32)25(28(34)29(31)35)27(33)23-15-30-24-7-5-4-6-22(23)24/h4-15,26,30,33H,1-3H3/b27-25-. The normalized spacial score (nSPS) is 17.1. The van der Waals surface area contributed by atoms with E-state index in [0.717, 1.165) is 22.0 Å². The largest absolute Gasteiger partial charge is 0.507 e. The van der Waals surface area contributed by atoms with Crippen molar-refractivity contribution in [2.75, 3.05) is 4.90 Å². The highest BCUT2D eigenvalue weighted by molar-refractivity contribution is 6.51. The summed E-state index contributed by atoms with van der Waals surface area (Å²) in [5.74, 6) is -1.88. The van der Waals surface area contributed by atoms with Gasteiger partial charge in [0.25, 0.3) is 11.7 Å². The molecule has 0 aliphatic carbocycles. The van der Waals surface area contributed by atoms with Gasteiger partial charge in [-0.15, -0.1) is 0 Å². The van der Waals surface area contributed by atoms with Gasteiger partial charge in [-0.05, 0) is 60.9 Å². The molecule has 1 atom stereocenters. The molecule has 0 saturated carbocycles. The lowest BCUT2D eigenvalue weighted by Gasteiger charge is -2.26. The zero-order valence-corrected chi connectivity index (χ0v) is 20.0. The summed E-state index contributed by atoms with van der Waals surface area (Å²) in [7, 11) is 0. The number of amides is 1. The van der Waals surface area contributed by atoms with Crippen LogP contribution in [0.2, 0.25) is 0 Å². The van der Waals surface area contributed by atoms with Crippen LogP contribution in [0.5, 0.6) is 5.75 Å². The van der Waals surface area contributed by atoms with E-state index in [-0.39, 0.29) is 11.3 Å². The number of hydrogen-bond donors (Lipinski definition) is 2. The topological polar surface area (TPSA) is 99.7 Å². The number of carbonyl (C=O) groups is 3. The number of hydrogen-bond acceptors (Lipinski definition) is 5. The zero-order chi connectivity index (χ0) is 25.6. The van der Waals surface area contributed by atoms with Gasteiger partial charge in [0.15, 0.2) is 0 Å². The third kappa shape index (κ3) is 3.84. The number of aromatic amines is 1. The van der Waals surface area contributed by atoms with E-state index in [4.69, 9.17) is 4.74 Å². The molecular weight excluding hydrogens is 456 g/mol. The van der Waals surface area contributed by atoms with Crippen LogP contribution in [0.15, 0.2) is 78.5 Å². The predicted molar refractivity (Wildman–Crippen MR) is 137 cm³/mol. The summed E-state index contributed by atoms with van der Waals surface area (Å²) in [4.78, 5) is 42.7. The van der Waals surface area contributed by atoms with Crippen LogP contribution >= 0.6 is 0 Å². The molecule has 2 N–H and O–H groups in total. The van der Waals surface area contributed by atoms with E-state index in [0.29, 0.717) is 22.6 Å². The first-order chi connectivity index (χ1) is 17.3. The minimum absolute atomic E-state index is 0.0109. The summed E-state index contributed by atoms with van der Waals surface area (Å²) in [6, 6.07) is 18.6. The Morgan fingerprint density at radius 2 is 1.69 bits per heavy atom. The number of ketones is 1. The lowest BCUT2D eigenvalue weighted by atomic mass is 9.94. The van der Waals surface area contributed by atoms with Gasteiger partial charge in [0.05, 0.1) is 11.6 Å². The maximum Gasteiger partial charge on any atom is 0.308 e. The number of aliphatic hydroxyl groups is 1. The van der Waals surface area contributed by atoms with Crippen LogP contribution in [0.1, 0.15) is 35.2 Å². The number of rotatable bonds is 4. The minimum atomic E-state index is -0.882. The summed E-state index contributed by atoms with van der Waals surface area (Å²) in [6.45, 7) is 5.21. The molecule has 5 rings (SSSR count). The maximum absolute atomic E-state index is 13.4. The first kappa shape index (κ1) is 23.1. The summed E-state index contributed by atoms with van der Waals surface area (Å²) >= 11 is 0. The highest BCUT2D eigenvalue weighted by Gasteiger charge is 2.47. The van der Waals surface area contributed by atoms with Crippen LogP contribution in [0.3, 0.4) is 0 Å². The SMILES string of the molecule is CC(=O)Oc1ccc(C2/C(=C(/O)c3c[nH]c4ccccc34)C(=O)C(=O)N2c2ccc(C)c(C)c2)cc1. The first-order valence-corrected chi connectivity index (χ1v) is 11.5. The smallest absolute Gasteiger partial charge is 0.308 e. The monoisotopic (exact) mass is 480 g/mol. The molecule has 1 unspecified atom stereocenters. The number of carbonyl (C=O) groups excluding carboxylic acids is 3. The van der Waals surface area contributed by atoms with Gasteiger partial charge < -0.3 is 14.8 Å². The minimum Gasteiger partial charge on any atom is -0.507 e. The molecule has 1 aromatic heterocycles. The Kier molecular flexibility index (Phi) is 5.68. The molecule has 7 heteroatoms. The van der Waals surface area contributed by atoms with Gasteiger partial charge in [-0.25, -0.2) is 0 Å². The number of nitrogens with zero attached hydrogens (tertiary/aromatic N) is 1. The Labute approximate surface area is 207 Å². The zero-order valence-electron chi connectivity index (χ0n) is 20.0. The second kappa shape index (κ2) is 8.85. The molecule has 0 spiro atoms. The van der Waals surface area contributed by atoms with Crippen LogP contribution in [-0.2, 0) is 14.4 Å². The second-order valence-electron chi connectivity index (χ2n) is 8.85. The van der Waals surface area contributed by atoms with Gasteiger partial charge in [-0.1, -0.05) is 36.4 Å². The third-order valence-corrected chi connectivity index (χ3v) is 6.51. The Bertz CT molecular complexity index is 1560. The van der Waals surface area contributed by atoms with Gasteiger partial charge >= 0.3 is 5.97 Å². The van der Waals surface area contributed by atoms with Crippen molar-refractivity contribution in [3.63, 3.8) is 0 Å². The second-order valence-corrected chi connectivity index (χ2v) is 8.85. The molecule has 2 heterocycles. The average Bonchev–Trinajstić information content (AvgIpc) is 3.40. The van der Waals surface area contributed by atoms with E-state index in [1.54, 1.807) is 36.5 Å². The molecule has 1 fully saturated rings. The van der Waals surface area contributed by atoms with Crippen molar-refractivity contribution in [1.29, 1.82) is 0 Å². The lowest BCUT2D eigenvalue weighted by Crippen LogP contribution is -2.29. The predicted octanol–water partition coefficient (Wildman–Crippen LogP) is 5.34. The fourth-order valence-electron chi connectivity index (χ4n) is 4.59. The lowest BCUT2D eigenvalue weighted by molar-refractivity contribution is -0.132. The van der Waals surface area contributed by atoms with Crippen LogP contribution in [0, 0.1) is 13.8 Å². The van der Waals surface area contributed by atoms with Crippen molar-refractivity contribution in [3.05, 3.63) is 101 Å². The molecule has 1 aliphatic heterocycles. The van der Waals surface area contributed by atoms with Gasteiger partial charge in [0, 0.05) is 35.3 Å². The molecule has 180 valence electrons. The molecule has 0 bridgehead atoms. The van der Waals surface area contributed by atoms with E-state index in [9.17, 15) is 19.5 Å². The average molecular weight is 481 g/mol. The Hall–Kier alpha value is -4.65. The summed E-state index contributed by atoms with van der Waals surface area (Å²) in [5.41, 5.74) is 4.38. The van der Waals surface area contributed by atoms with E-state index in [1.165, 1.54) is 11.8 Å². The number of H-pyrrole nitrogens is 1. The molecule has 1 amide bonds. The van der Waals surface area contributed by atoms with Gasteiger partial charge in [-0.2, -0.15) is 0 Å². The molecule has 7 nitrogen and oxygen atoms in total. The van der Waals surface area contributed by atoms with Crippen molar-refractivity contribution in [3.8, 4) is 5.75 Å². The van der Waals surface area contributed by atoms with Crippen molar-refractivity contribution in [1.82, 2.24) is 4.98 Å². The number of aromatic nitrogens is 1. The first-order valence-electron chi connectivity index (χ1n) is 11.5. The third-order valence-electron chi connectivity index (χ3n) is 6.51. The number of ether oxygens (including phenoxy) is 1. The number of para-hydroxylation sites is 1. The van der Waals surface area contributed by atoms with Crippen molar-refractivity contribution >= 4 is 40.0 Å². The molecular formula is C29H24N2O5.